The highest BCUT2D eigenvalue weighted by molar-refractivity contribution is 4.79. The van der Waals surface area contributed by atoms with Crippen molar-refractivity contribution in [1.29, 1.82) is 0 Å². The molecule has 0 aromatic rings. The molecule has 1 aliphatic rings. The lowest BCUT2D eigenvalue weighted by Crippen LogP contribution is -2.37. The summed E-state index contributed by atoms with van der Waals surface area (Å²) >= 11 is 0. The SMILES string of the molecule is CCC(CCO)C1CCCCCN1C. The molecule has 0 spiro atoms. The van der Waals surface area contributed by atoms with E-state index in [0.717, 1.165) is 12.5 Å². The molecule has 1 N–H and O–H groups in total. The van der Waals surface area contributed by atoms with Crippen LogP contribution in [-0.2, 0) is 0 Å². The fourth-order valence-corrected chi connectivity index (χ4v) is 2.71. The van der Waals surface area contributed by atoms with E-state index in [0.29, 0.717) is 12.5 Å². The molecule has 2 nitrogen and oxygen atoms in total. The summed E-state index contributed by atoms with van der Waals surface area (Å²) in [7, 11) is 2.25. The second-order valence-corrected chi connectivity index (χ2v) is 4.58. The van der Waals surface area contributed by atoms with Gasteiger partial charge in [0, 0.05) is 12.6 Å². The first-order valence-electron chi connectivity index (χ1n) is 6.10. The van der Waals surface area contributed by atoms with Gasteiger partial charge in [0.25, 0.3) is 0 Å². The van der Waals surface area contributed by atoms with Crippen LogP contribution in [0.15, 0.2) is 0 Å². The molecule has 1 heterocycles. The lowest BCUT2D eigenvalue weighted by Gasteiger charge is -2.32. The van der Waals surface area contributed by atoms with E-state index in [9.17, 15) is 0 Å². The van der Waals surface area contributed by atoms with Gasteiger partial charge in [-0.15, -0.1) is 0 Å². The van der Waals surface area contributed by atoms with Crippen molar-refractivity contribution in [1.82, 2.24) is 4.90 Å². The Morgan fingerprint density at radius 1 is 1.36 bits per heavy atom. The molecule has 2 unspecified atom stereocenters. The maximum atomic E-state index is 9.04. The second-order valence-electron chi connectivity index (χ2n) is 4.58. The summed E-state index contributed by atoms with van der Waals surface area (Å²) in [5, 5.41) is 9.04. The molecule has 84 valence electrons. The molecule has 0 aromatic heterocycles. The van der Waals surface area contributed by atoms with Crippen molar-refractivity contribution in [3.63, 3.8) is 0 Å². The summed E-state index contributed by atoms with van der Waals surface area (Å²) in [4.78, 5) is 2.51. The number of aliphatic hydroxyl groups is 1. The van der Waals surface area contributed by atoms with Gasteiger partial charge in [-0.2, -0.15) is 0 Å². The first-order valence-corrected chi connectivity index (χ1v) is 6.10. The summed E-state index contributed by atoms with van der Waals surface area (Å²) in [6.07, 6.45) is 7.62. The van der Waals surface area contributed by atoms with Crippen LogP contribution in [-0.4, -0.2) is 36.2 Å². The minimum absolute atomic E-state index is 0.350. The van der Waals surface area contributed by atoms with E-state index >= 15 is 0 Å². The number of rotatable bonds is 4. The predicted molar refractivity (Wildman–Crippen MR) is 60.4 cm³/mol. The lowest BCUT2D eigenvalue weighted by molar-refractivity contribution is 0.143. The number of likely N-dealkylation sites (tertiary alicyclic amines) is 1. The zero-order chi connectivity index (χ0) is 10.4. The average Bonchev–Trinajstić information content (AvgIpc) is 2.40. The van der Waals surface area contributed by atoms with Crippen molar-refractivity contribution >= 4 is 0 Å². The van der Waals surface area contributed by atoms with Crippen molar-refractivity contribution in [2.45, 2.75) is 51.5 Å². The van der Waals surface area contributed by atoms with Gasteiger partial charge < -0.3 is 10.0 Å². The fraction of sp³-hybridized carbons (Fsp3) is 1.00. The number of hydrogen-bond acceptors (Lipinski definition) is 2. The van der Waals surface area contributed by atoms with Gasteiger partial charge in [0.1, 0.15) is 0 Å². The normalized spacial score (nSPS) is 27.2. The van der Waals surface area contributed by atoms with Gasteiger partial charge in [-0.05, 0) is 38.8 Å². The van der Waals surface area contributed by atoms with E-state index in [1.54, 1.807) is 0 Å². The molecule has 1 rings (SSSR count). The summed E-state index contributed by atoms with van der Waals surface area (Å²) in [6, 6.07) is 0.717. The van der Waals surface area contributed by atoms with Crippen LogP contribution >= 0.6 is 0 Å². The van der Waals surface area contributed by atoms with Crippen LogP contribution < -0.4 is 0 Å². The monoisotopic (exact) mass is 199 g/mol. The highest BCUT2D eigenvalue weighted by Crippen LogP contribution is 2.25. The molecule has 0 amide bonds. The van der Waals surface area contributed by atoms with Crippen LogP contribution in [0.5, 0.6) is 0 Å². The number of nitrogens with zero attached hydrogens (tertiary/aromatic N) is 1. The van der Waals surface area contributed by atoms with Crippen LogP contribution in [0.3, 0.4) is 0 Å². The Balaban J connectivity index is 2.51. The first kappa shape index (κ1) is 12.0. The van der Waals surface area contributed by atoms with Gasteiger partial charge in [0.05, 0.1) is 0 Å². The molecule has 0 aliphatic carbocycles. The van der Waals surface area contributed by atoms with Gasteiger partial charge in [-0.25, -0.2) is 0 Å². The van der Waals surface area contributed by atoms with Crippen molar-refractivity contribution in [2.24, 2.45) is 5.92 Å². The topological polar surface area (TPSA) is 23.5 Å². The van der Waals surface area contributed by atoms with E-state index in [1.807, 2.05) is 0 Å². The van der Waals surface area contributed by atoms with Gasteiger partial charge in [0.15, 0.2) is 0 Å². The molecule has 0 bridgehead atoms. The molecule has 1 fully saturated rings. The third-order valence-electron chi connectivity index (χ3n) is 3.65. The number of hydrogen-bond donors (Lipinski definition) is 1. The Labute approximate surface area is 88.3 Å². The summed E-state index contributed by atoms with van der Waals surface area (Å²) in [6.45, 7) is 3.84. The smallest absolute Gasteiger partial charge is 0.0434 e. The van der Waals surface area contributed by atoms with Crippen molar-refractivity contribution in [2.75, 3.05) is 20.2 Å². The van der Waals surface area contributed by atoms with Crippen LogP contribution in [0.4, 0.5) is 0 Å². The van der Waals surface area contributed by atoms with E-state index in [4.69, 9.17) is 5.11 Å². The highest BCUT2D eigenvalue weighted by atomic mass is 16.3. The molecule has 2 atom stereocenters. The van der Waals surface area contributed by atoms with E-state index in [-0.39, 0.29) is 0 Å². The third-order valence-corrected chi connectivity index (χ3v) is 3.65. The van der Waals surface area contributed by atoms with Crippen LogP contribution in [0.25, 0.3) is 0 Å². The standard InChI is InChI=1S/C12H25NO/c1-3-11(8-10-14)12-7-5-4-6-9-13(12)2/h11-12,14H,3-10H2,1-2H3. The average molecular weight is 199 g/mol. The molecule has 0 radical (unpaired) electrons. The van der Waals surface area contributed by atoms with Gasteiger partial charge >= 0.3 is 0 Å². The molecule has 0 aromatic carbocycles. The Kier molecular flexibility index (Phi) is 5.49. The Morgan fingerprint density at radius 3 is 2.79 bits per heavy atom. The minimum Gasteiger partial charge on any atom is -0.396 e. The van der Waals surface area contributed by atoms with Crippen LogP contribution in [0, 0.1) is 5.92 Å². The summed E-state index contributed by atoms with van der Waals surface area (Å²) in [5.74, 6) is 0.697. The Hall–Kier alpha value is -0.0800. The van der Waals surface area contributed by atoms with E-state index in [1.165, 1.54) is 38.6 Å². The summed E-state index contributed by atoms with van der Waals surface area (Å²) in [5.41, 5.74) is 0. The molecule has 1 aliphatic heterocycles. The minimum atomic E-state index is 0.350. The number of aliphatic hydroxyl groups excluding tert-OH is 1. The van der Waals surface area contributed by atoms with Crippen molar-refractivity contribution < 1.29 is 5.11 Å². The maximum absolute atomic E-state index is 9.04. The van der Waals surface area contributed by atoms with Gasteiger partial charge in [-0.3, -0.25) is 0 Å². The van der Waals surface area contributed by atoms with E-state index in [2.05, 4.69) is 18.9 Å². The molecule has 2 heteroatoms. The van der Waals surface area contributed by atoms with Crippen LogP contribution in [0.2, 0.25) is 0 Å². The van der Waals surface area contributed by atoms with Crippen molar-refractivity contribution in [3.05, 3.63) is 0 Å². The molecule has 1 saturated heterocycles. The van der Waals surface area contributed by atoms with Crippen LogP contribution in [0.1, 0.15) is 45.4 Å². The second kappa shape index (κ2) is 6.41. The largest absolute Gasteiger partial charge is 0.396 e. The third kappa shape index (κ3) is 3.25. The van der Waals surface area contributed by atoms with Gasteiger partial charge in [-0.1, -0.05) is 26.2 Å². The maximum Gasteiger partial charge on any atom is 0.0434 e. The van der Waals surface area contributed by atoms with Gasteiger partial charge in [0.2, 0.25) is 0 Å². The first-order chi connectivity index (χ1) is 6.79. The van der Waals surface area contributed by atoms with E-state index < -0.39 is 0 Å². The zero-order valence-electron chi connectivity index (χ0n) is 9.71. The molecule has 14 heavy (non-hydrogen) atoms. The summed E-state index contributed by atoms with van der Waals surface area (Å²) < 4.78 is 0. The van der Waals surface area contributed by atoms with Crippen molar-refractivity contribution in [3.8, 4) is 0 Å². The molecular weight excluding hydrogens is 174 g/mol. The lowest BCUT2D eigenvalue weighted by atomic mass is 9.90. The molecular formula is C12H25NO. The quantitative estimate of drug-likeness (QED) is 0.751. The molecule has 0 saturated carbocycles. The Bertz CT molecular complexity index is 149. The Morgan fingerprint density at radius 2 is 2.14 bits per heavy atom. The predicted octanol–water partition coefficient (Wildman–Crippen LogP) is 2.27. The fourth-order valence-electron chi connectivity index (χ4n) is 2.71. The highest BCUT2D eigenvalue weighted by Gasteiger charge is 2.24. The zero-order valence-corrected chi connectivity index (χ0v) is 9.71.